The van der Waals surface area contributed by atoms with E-state index in [9.17, 15) is 13.2 Å². The summed E-state index contributed by atoms with van der Waals surface area (Å²) in [6.45, 7) is 0.198. The van der Waals surface area contributed by atoms with Crippen molar-refractivity contribution in [1.29, 1.82) is 0 Å². The van der Waals surface area contributed by atoms with Gasteiger partial charge in [-0.05, 0) is 29.8 Å². The Morgan fingerprint density at radius 3 is 2.55 bits per heavy atom. The summed E-state index contributed by atoms with van der Waals surface area (Å²) in [5, 5.41) is 3.21. The number of hydrogen-bond donors (Lipinski definition) is 2. The molecule has 5 nitrogen and oxygen atoms in total. The molecular formula is C15H15ClN2O3S. The van der Waals surface area contributed by atoms with Crippen molar-refractivity contribution in [3.05, 3.63) is 64.7 Å². The lowest BCUT2D eigenvalue weighted by molar-refractivity contribution is 0.0951. The maximum Gasteiger partial charge on any atom is 0.251 e. The van der Waals surface area contributed by atoms with Crippen LogP contribution in [-0.2, 0) is 16.6 Å². The van der Waals surface area contributed by atoms with Crippen molar-refractivity contribution in [3.63, 3.8) is 0 Å². The Morgan fingerprint density at radius 2 is 1.86 bits per heavy atom. The van der Waals surface area contributed by atoms with Gasteiger partial charge in [-0.1, -0.05) is 35.9 Å². The summed E-state index contributed by atoms with van der Waals surface area (Å²) in [4.78, 5) is 12.1. The molecule has 0 spiro atoms. The minimum absolute atomic E-state index is 0.198. The van der Waals surface area contributed by atoms with Crippen LogP contribution in [0.3, 0.4) is 0 Å². The molecule has 0 saturated carbocycles. The lowest BCUT2D eigenvalue weighted by Crippen LogP contribution is -2.23. The molecule has 0 radical (unpaired) electrons. The summed E-state index contributed by atoms with van der Waals surface area (Å²) in [5.74, 6) is -0.281. The maximum absolute atomic E-state index is 12.1. The minimum Gasteiger partial charge on any atom is -0.348 e. The zero-order valence-corrected chi connectivity index (χ0v) is 13.4. The van der Waals surface area contributed by atoms with E-state index in [-0.39, 0.29) is 12.5 Å². The fourth-order valence-electron chi connectivity index (χ4n) is 1.88. The lowest BCUT2D eigenvalue weighted by Gasteiger charge is -2.11. The van der Waals surface area contributed by atoms with Crippen molar-refractivity contribution < 1.29 is 13.2 Å². The highest BCUT2D eigenvalue weighted by molar-refractivity contribution is 7.92. The molecule has 7 heteroatoms. The molecule has 22 heavy (non-hydrogen) atoms. The van der Waals surface area contributed by atoms with Gasteiger partial charge in [0.2, 0.25) is 10.0 Å². The summed E-state index contributed by atoms with van der Waals surface area (Å²) >= 11 is 5.85. The van der Waals surface area contributed by atoms with E-state index in [1.165, 1.54) is 0 Å². The predicted octanol–water partition coefficient (Wildman–Crippen LogP) is 2.64. The first-order valence-electron chi connectivity index (χ1n) is 6.44. The number of sulfonamides is 1. The van der Waals surface area contributed by atoms with E-state index >= 15 is 0 Å². The van der Waals surface area contributed by atoms with Crippen LogP contribution >= 0.6 is 11.6 Å². The fourth-order valence-corrected chi connectivity index (χ4v) is 2.67. The van der Waals surface area contributed by atoms with Crippen LogP contribution in [0, 0.1) is 0 Å². The smallest absolute Gasteiger partial charge is 0.251 e. The van der Waals surface area contributed by atoms with Gasteiger partial charge in [-0.15, -0.1) is 0 Å². The zero-order chi connectivity index (χ0) is 16.2. The second kappa shape index (κ2) is 6.81. The Balaban J connectivity index is 2.10. The Labute approximate surface area is 134 Å². The highest BCUT2D eigenvalue weighted by Crippen LogP contribution is 2.16. The summed E-state index contributed by atoms with van der Waals surface area (Å²) in [7, 11) is -3.38. The van der Waals surface area contributed by atoms with Gasteiger partial charge in [-0.2, -0.15) is 0 Å². The monoisotopic (exact) mass is 338 g/mol. The van der Waals surface area contributed by atoms with Crippen LogP contribution < -0.4 is 10.0 Å². The van der Waals surface area contributed by atoms with Crippen LogP contribution in [0.15, 0.2) is 48.5 Å². The van der Waals surface area contributed by atoms with E-state index in [1.54, 1.807) is 48.5 Å². The molecule has 2 N–H and O–H groups in total. The van der Waals surface area contributed by atoms with Gasteiger partial charge in [0.05, 0.1) is 11.9 Å². The number of carbonyl (C=O) groups is 1. The van der Waals surface area contributed by atoms with Gasteiger partial charge in [0.15, 0.2) is 0 Å². The van der Waals surface area contributed by atoms with E-state index in [0.717, 1.165) is 6.26 Å². The van der Waals surface area contributed by atoms with Crippen LogP contribution in [0.1, 0.15) is 15.9 Å². The molecule has 0 aliphatic carbocycles. The number of benzene rings is 2. The molecule has 116 valence electrons. The third kappa shape index (κ3) is 4.75. The van der Waals surface area contributed by atoms with Crippen molar-refractivity contribution in [1.82, 2.24) is 5.32 Å². The molecule has 0 bridgehead atoms. The van der Waals surface area contributed by atoms with Crippen LogP contribution in [-0.4, -0.2) is 20.6 Å². The van der Waals surface area contributed by atoms with Crippen molar-refractivity contribution in [3.8, 4) is 0 Å². The van der Waals surface area contributed by atoms with Gasteiger partial charge >= 0.3 is 0 Å². The highest BCUT2D eigenvalue weighted by Gasteiger charge is 2.09. The first kappa shape index (κ1) is 16.3. The van der Waals surface area contributed by atoms with Crippen LogP contribution in [0.2, 0.25) is 5.02 Å². The molecule has 0 atom stereocenters. The molecule has 0 aromatic heterocycles. The Bertz CT molecular complexity index is 791. The Morgan fingerprint density at radius 1 is 1.14 bits per heavy atom. The lowest BCUT2D eigenvalue weighted by atomic mass is 10.1. The molecule has 0 saturated heterocycles. The summed E-state index contributed by atoms with van der Waals surface area (Å²) in [6.07, 6.45) is 1.08. The number of nitrogens with one attached hydrogen (secondary N) is 2. The quantitative estimate of drug-likeness (QED) is 0.880. The second-order valence-electron chi connectivity index (χ2n) is 4.72. The maximum atomic E-state index is 12.1. The molecule has 0 unspecified atom stereocenters. The summed E-state index contributed by atoms with van der Waals surface area (Å²) in [5.41, 5.74) is 1.56. The van der Waals surface area contributed by atoms with Gasteiger partial charge in [-0.25, -0.2) is 8.42 Å². The third-order valence-electron chi connectivity index (χ3n) is 2.84. The van der Waals surface area contributed by atoms with E-state index in [0.29, 0.717) is 21.8 Å². The van der Waals surface area contributed by atoms with Gasteiger partial charge in [0, 0.05) is 17.1 Å². The Kier molecular flexibility index (Phi) is 5.05. The number of para-hydroxylation sites is 1. The first-order valence-corrected chi connectivity index (χ1v) is 8.71. The summed E-state index contributed by atoms with van der Waals surface area (Å²) < 4.78 is 25.1. The topological polar surface area (TPSA) is 75.3 Å². The van der Waals surface area contributed by atoms with Crippen molar-refractivity contribution in [2.45, 2.75) is 6.54 Å². The average molecular weight is 339 g/mol. The van der Waals surface area contributed by atoms with Crippen molar-refractivity contribution in [2.24, 2.45) is 0 Å². The number of hydrogen-bond acceptors (Lipinski definition) is 3. The van der Waals surface area contributed by atoms with E-state index in [4.69, 9.17) is 11.6 Å². The normalized spacial score (nSPS) is 11.0. The fraction of sp³-hybridized carbons (Fsp3) is 0.133. The van der Waals surface area contributed by atoms with Crippen molar-refractivity contribution in [2.75, 3.05) is 11.0 Å². The largest absolute Gasteiger partial charge is 0.348 e. The molecule has 2 rings (SSSR count). The molecule has 2 aromatic carbocycles. The highest BCUT2D eigenvalue weighted by atomic mass is 35.5. The predicted molar refractivity (Wildman–Crippen MR) is 87.5 cm³/mol. The number of anilines is 1. The molecule has 0 aliphatic rings. The molecule has 1 amide bonds. The van der Waals surface area contributed by atoms with Gasteiger partial charge in [0.1, 0.15) is 0 Å². The standard InChI is InChI=1S/C15H15ClN2O3S/c1-22(20,21)18-14-8-3-2-5-12(14)10-17-15(19)11-6-4-7-13(16)9-11/h2-9,18H,10H2,1H3,(H,17,19). The minimum atomic E-state index is -3.38. The number of halogens is 1. The van der Waals surface area contributed by atoms with Gasteiger partial charge in [-0.3, -0.25) is 9.52 Å². The Hall–Kier alpha value is -2.05. The first-order chi connectivity index (χ1) is 10.3. The SMILES string of the molecule is CS(=O)(=O)Nc1ccccc1CNC(=O)c1cccc(Cl)c1. The number of amides is 1. The zero-order valence-electron chi connectivity index (χ0n) is 11.8. The van der Waals surface area contributed by atoms with E-state index in [2.05, 4.69) is 10.0 Å². The molecule has 0 aliphatic heterocycles. The molecular weight excluding hydrogens is 324 g/mol. The third-order valence-corrected chi connectivity index (χ3v) is 3.66. The van der Waals surface area contributed by atoms with Gasteiger partial charge < -0.3 is 5.32 Å². The van der Waals surface area contributed by atoms with Crippen LogP contribution in [0.4, 0.5) is 5.69 Å². The van der Waals surface area contributed by atoms with E-state index in [1.807, 2.05) is 0 Å². The average Bonchev–Trinajstić information content (AvgIpc) is 2.44. The van der Waals surface area contributed by atoms with Crippen molar-refractivity contribution >= 4 is 33.2 Å². The molecule has 2 aromatic rings. The second-order valence-corrected chi connectivity index (χ2v) is 6.91. The number of rotatable bonds is 5. The van der Waals surface area contributed by atoms with Crippen LogP contribution in [0.5, 0.6) is 0 Å². The molecule has 0 fully saturated rings. The van der Waals surface area contributed by atoms with Gasteiger partial charge in [0.25, 0.3) is 5.91 Å². The molecule has 0 heterocycles. The number of carbonyl (C=O) groups excluding carboxylic acids is 1. The van der Waals surface area contributed by atoms with E-state index < -0.39 is 10.0 Å². The summed E-state index contributed by atoms with van der Waals surface area (Å²) in [6, 6.07) is 13.5. The van der Waals surface area contributed by atoms with Crippen LogP contribution in [0.25, 0.3) is 0 Å².